The van der Waals surface area contributed by atoms with Crippen LogP contribution in [0.4, 0.5) is 0 Å². The third-order valence-corrected chi connectivity index (χ3v) is 6.38. The molecule has 0 saturated heterocycles. The van der Waals surface area contributed by atoms with Crippen LogP contribution in [0.5, 0.6) is 5.75 Å². The summed E-state index contributed by atoms with van der Waals surface area (Å²) < 4.78 is 5.91. The molecule has 1 aliphatic carbocycles. The summed E-state index contributed by atoms with van der Waals surface area (Å²) in [6, 6.07) is 10.4. The number of rotatable bonds is 6. The zero-order valence-corrected chi connectivity index (χ0v) is 18.0. The first kappa shape index (κ1) is 19.3. The van der Waals surface area contributed by atoms with E-state index < -0.39 is 0 Å². The van der Waals surface area contributed by atoms with Crippen LogP contribution >= 0.6 is 11.3 Å². The molecule has 1 fully saturated rings. The van der Waals surface area contributed by atoms with Crippen molar-refractivity contribution >= 4 is 17.2 Å². The molecule has 3 heterocycles. The summed E-state index contributed by atoms with van der Waals surface area (Å²) in [5.74, 6) is 1.62. The number of fused-ring (bicyclic) bond motifs is 1. The first-order chi connectivity index (χ1) is 14.7. The Morgan fingerprint density at radius 3 is 3.00 bits per heavy atom. The molecular formula is C23H26N4O2S. The molecule has 156 valence electrons. The smallest absolute Gasteiger partial charge is 0.255 e. The van der Waals surface area contributed by atoms with Gasteiger partial charge in [-0.2, -0.15) is 16.4 Å². The Kier molecular flexibility index (Phi) is 5.31. The van der Waals surface area contributed by atoms with E-state index in [1.165, 1.54) is 24.1 Å². The number of benzene rings is 1. The highest BCUT2D eigenvalue weighted by Gasteiger charge is 2.26. The zero-order chi connectivity index (χ0) is 20.5. The second-order valence-electron chi connectivity index (χ2n) is 8.29. The van der Waals surface area contributed by atoms with Crippen molar-refractivity contribution in [3.8, 4) is 5.75 Å². The summed E-state index contributed by atoms with van der Waals surface area (Å²) in [4.78, 5) is 17.0. The number of ether oxygens (including phenoxy) is 1. The summed E-state index contributed by atoms with van der Waals surface area (Å²) in [7, 11) is 2.12. The van der Waals surface area contributed by atoms with Crippen molar-refractivity contribution in [1.29, 1.82) is 0 Å². The van der Waals surface area contributed by atoms with E-state index in [1.807, 2.05) is 27.8 Å². The highest BCUT2D eigenvalue weighted by atomic mass is 32.1. The van der Waals surface area contributed by atoms with Gasteiger partial charge in [0.1, 0.15) is 12.4 Å². The van der Waals surface area contributed by atoms with Crippen LogP contribution in [0.25, 0.3) is 0 Å². The maximum atomic E-state index is 12.8. The summed E-state index contributed by atoms with van der Waals surface area (Å²) in [5, 5.41) is 11.5. The lowest BCUT2D eigenvalue weighted by atomic mass is 10.1. The van der Waals surface area contributed by atoms with Crippen molar-refractivity contribution in [1.82, 2.24) is 20.0 Å². The molecule has 1 aliphatic heterocycles. The molecule has 5 rings (SSSR count). The Balaban J connectivity index is 1.26. The number of H-pyrrole nitrogens is 1. The van der Waals surface area contributed by atoms with Crippen molar-refractivity contribution in [2.45, 2.75) is 38.4 Å². The number of amides is 1. The number of hydrogen-bond acceptors (Lipinski definition) is 5. The molecule has 0 bridgehead atoms. The maximum absolute atomic E-state index is 12.8. The van der Waals surface area contributed by atoms with Gasteiger partial charge in [0.25, 0.3) is 5.91 Å². The van der Waals surface area contributed by atoms with Gasteiger partial charge in [-0.15, -0.1) is 0 Å². The van der Waals surface area contributed by atoms with Crippen molar-refractivity contribution in [3.63, 3.8) is 0 Å². The molecule has 1 saturated carbocycles. The number of hydrogen-bond donors (Lipinski definition) is 1. The monoisotopic (exact) mass is 422 g/mol. The SMILES string of the molecule is CN(Cc1ccc2c(c1)CN(C(=O)c1ccsc1)CCO2)Cc1cc(C2CC2)n[nH]1. The Morgan fingerprint density at radius 1 is 1.30 bits per heavy atom. The average Bonchev–Trinajstić information content (AvgIpc) is 3.31. The average molecular weight is 423 g/mol. The van der Waals surface area contributed by atoms with Gasteiger partial charge in [0.15, 0.2) is 0 Å². The number of nitrogens with zero attached hydrogens (tertiary/aromatic N) is 3. The molecule has 1 aromatic carbocycles. The minimum atomic E-state index is 0.0703. The Hall–Kier alpha value is -2.64. The third kappa shape index (κ3) is 4.27. The van der Waals surface area contributed by atoms with Crippen LogP contribution in [-0.4, -0.2) is 46.1 Å². The van der Waals surface area contributed by atoms with Gasteiger partial charge in [0.2, 0.25) is 0 Å². The second kappa shape index (κ2) is 8.24. The third-order valence-electron chi connectivity index (χ3n) is 5.70. The number of nitrogens with one attached hydrogen (secondary N) is 1. The lowest BCUT2D eigenvalue weighted by Gasteiger charge is -2.20. The van der Waals surface area contributed by atoms with Crippen LogP contribution in [-0.2, 0) is 19.6 Å². The van der Waals surface area contributed by atoms with Gasteiger partial charge in [0, 0.05) is 42.2 Å². The highest BCUT2D eigenvalue weighted by Crippen LogP contribution is 2.39. The molecule has 7 heteroatoms. The molecule has 0 atom stereocenters. The van der Waals surface area contributed by atoms with E-state index in [0.717, 1.165) is 35.7 Å². The summed E-state index contributed by atoms with van der Waals surface area (Å²) >= 11 is 1.55. The van der Waals surface area contributed by atoms with Gasteiger partial charge in [-0.25, -0.2) is 0 Å². The van der Waals surface area contributed by atoms with Crippen LogP contribution in [0, 0.1) is 0 Å². The minimum absolute atomic E-state index is 0.0703. The molecule has 1 amide bonds. The van der Waals surface area contributed by atoms with Crippen LogP contribution in [0.2, 0.25) is 0 Å². The van der Waals surface area contributed by atoms with Crippen molar-refractivity contribution < 1.29 is 9.53 Å². The number of aromatic nitrogens is 2. The van der Waals surface area contributed by atoms with Crippen molar-refractivity contribution in [2.75, 3.05) is 20.2 Å². The fraction of sp³-hybridized carbons (Fsp3) is 0.391. The van der Waals surface area contributed by atoms with Gasteiger partial charge >= 0.3 is 0 Å². The summed E-state index contributed by atoms with van der Waals surface area (Å²) in [6.45, 7) is 3.35. The minimum Gasteiger partial charge on any atom is -0.491 e. The molecule has 0 radical (unpaired) electrons. The molecular weight excluding hydrogens is 396 g/mol. The lowest BCUT2D eigenvalue weighted by Crippen LogP contribution is -2.32. The largest absolute Gasteiger partial charge is 0.491 e. The maximum Gasteiger partial charge on any atom is 0.255 e. The Labute approximate surface area is 180 Å². The van der Waals surface area contributed by atoms with E-state index in [4.69, 9.17) is 4.74 Å². The van der Waals surface area contributed by atoms with Gasteiger partial charge in [0.05, 0.1) is 17.8 Å². The van der Waals surface area contributed by atoms with Gasteiger partial charge in [-0.1, -0.05) is 6.07 Å². The number of carbonyl (C=O) groups excluding carboxylic acids is 1. The normalized spacial score (nSPS) is 16.3. The molecule has 1 N–H and O–H groups in total. The predicted molar refractivity (Wildman–Crippen MR) is 117 cm³/mol. The molecule has 30 heavy (non-hydrogen) atoms. The molecule has 6 nitrogen and oxygen atoms in total. The first-order valence-electron chi connectivity index (χ1n) is 10.4. The van der Waals surface area contributed by atoms with Crippen LogP contribution in [0.15, 0.2) is 41.1 Å². The van der Waals surface area contributed by atoms with Gasteiger partial charge in [-0.3, -0.25) is 14.8 Å². The molecule has 0 unspecified atom stereocenters. The van der Waals surface area contributed by atoms with E-state index >= 15 is 0 Å². The quantitative estimate of drug-likeness (QED) is 0.652. The second-order valence-corrected chi connectivity index (χ2v) is 9.07. The van der Waals surface area contributed by atoms with Gasteiger partial charge < -0.3 is 9.64 Å². The van der Waals surface area contributed by atoms with E-state index in [0.29, 0.717) is 25.6 Å². The molecule has 2 aromatic heterocycles. The van der Waals surface area contributed by atoms with E-state index in [9.17, 15) is 4.79 Å². The van der Waals surface area contributed by atoms with Crippen molar-refractivity contribution in [2.24, 2.45) is 0 Å². The first-order valence-corrected chi connectivity index (χ1v) is 11.4. The highest BCUT2D eigenvalue weighted by molar-refractivity contribution is 7.08. The van der Waals surface area contributed by atoms with E-state index in [2.05, 4.69) is 40.3 Å². The zero-order valence-electron chi connectivity index (χ0n) is 17.1. The van der Waals surface area contributed by atoms with Crippen LogP contribution < -0.4 is 4.74 Å². The van der Waals surface area contributed by atoms with Crippen LogP contribution in [0.3, 0.4) is 0 Å². The number of carbonyl (C=O) groups is 1. The predicted octanol–water partition coefficient (Wildman–Crippen LogP) is 4.02. The standard InChI is InChI=1S/C23H26N4O2S/c1-26(14-20-11-21(25-24-20)17-3-4-17)12-16-2-5-22-19(10-16)13-27(7-8-29-22)23(28)18-6-9-30-15-18/h2,5-6,9-11,15,17H,3-4,7-8,12-14H2,1H3,(H,24,25). The fourth-order valence-electron chi connectivity index (χ4n) is 4.00. The summed E-state index contributed by atoms with van der Waals surface area (Å²) in [5.41, 5.74) is 5.40. The number of thiophene rings is 1. The van der Waals surface area contributed by atoms with Gasteiger partial charge in [-0.05, 0) is 55.1 Å². The molecule has 0 spiro atoms. The Bertz CT molecular complexity index is 1030. The van der Waals surface area contributed by atoms with E-state index in [-0.39, 0.29) is 5.91 Å². The fourth-order valence-corrected chi connectivity index (χ4v) is 4.62. The lowest BCUT2D eigenvalue weighted by molar-refractivity contribution is 0.0734. The van der Waals surface area contributed by atoms with Crippen molar-refractivity contribution in [3.05, 3.63) is 69.2 Å². The summed E-state index contributed by atoms with van der Waals surface area (Å²) in [6.07, 6.45) is 2.53. The molecule has 2 aliphatic rings. The number of aromatic amines is 1. The Morgan fingerprint density at radius 2 is 2.20 bits per heavy atom. The van der Waals surface area contributed by atoms with Crippen LogP contribution in [0.1, 0.15) is 51.6 Å². The van der Waals surface area contributed by atoms with E-state index in [1.54, 1.807) is 11.3 Å². The topological polar surface area (TPSA) is 61.5 Å². The molecule has 3 aromatic rings.